The first-order valence-electron chi connectivity index (χ1n) is 25.9. The molecule has 0 bridgehead atoms. The minimum absolute atomic E-state index is 0. The molecule has 0 radical (unpaired) electrons. The standard InChI is InChI=1S/2C23H38F2NO2S.2C5H5.Ti/c2*1-2-3-4-5-6-7-8-9-10-11-12-13-14-15-18-29(27,28)26-20-21-16-17-22(24)19-23(21)25;2*1-2-4-5-3-1;/h2*16-17,26H,2-15,18,20H2,1H3;2*1-5H;/q4*-1;+4. The van der Waals surface area contributed by atoms with Gasteiger partial charge in [-0.1, -0.05) is 181 Å². The van der Waals surface area contributed by atoms with Gasteiger partial charge in [-0.05, 0) is 25.9 Å². The summed E-state index contributed by atoms with van der Waals surface area (Å²) < 4.78 is 105. The van der Waals surface area contributed by atoms with Crippen LogP contribution in [0.25, 0.3) is 0 Å². The Morgan fingerprint density at radius 2 is 0.652 bits per heavy atom. The van der Waals surface area contributed by atoms with Crippen molar-refractivity contribution in [1.29, 1.82) is 0 Å². The predicted octanol–water partition coefficient (Wildman–Crippen LogP) is 16.1. The largest absolute Gasteiger partial charge is 4.00 e. The first kappa shape index (κ1) is 66.4. The Labute approximate surface area is 432 Å². The molecule has 6 nitrogen and oxygen atoms in total. The maximum absolute atomic E-state index is 13.5. The van der Waals surface area contributed by atoms with E-state index in [9.17, 15) is 34.4 Å². The fourth-order valence-corrected chi connectivity index (χ4v) is 9.56. The molecule has 4 aromatic carbocycles. The molecule has 0 amide bonds. The van der Waals surface area contributed by atoms with Crippen molar-refractivity contribution < 1.29 is 56.1 Å². The summed E-state index contributed by atoms with van der Waals surface area (Å²) in [6.45, 7) is 4.13. The Morgan fingerprint density at radius 1 is 0.406 bits per heavy atom. The van der Waals surface area contributed by atoms with Crippen molar-refractivity contribution in [3.63, 3.8) is 0 Å². The number of hydrogen-bond acceptors (Lipinski definition) is 4. The van der Waals surface area contributed by atoms with Crippen LogP contribution in [-0.4, -0.2) is 28.3 Å². The van der Waals surface area contributed by atoms with E-state index < -0.39 is 43.3 Å². The maximum Gasteiger partial charge on any atom is 4.00 e. The van der Waals surface area contributed by atoms with Gasteiger partial charge >= 0.3 is 21.7 Å². The average Bonchev–Trinajstić information content (AvgIpc) is 4.11. The molecule has 0 aliphatic rings. The van der Waals surface area contributed by atoms with Gasteiger partial charge in [0.15, 0.2) is 0 Å². The maximum atomic E-state index is 13.5. The van der Waals surface area contributed by atoms with Crippen molar-refractivity contribution in [2.75, 3.05) is 11.5 Å². The summed E-state index contributed by atoms with van der Waals surface area (Å²) >= 11 is 0. The van der Waals surface area contributed by atoms with Gasteiger partial charge in [0.25, 0.3) is 0 Å². The minimum Gasteiger partial charge on any atom is -0.236 e. The van der Waals surface area contributed by atoms with E-state index in [1.807, 2.05) is 72.8 Å². The molecule has 4 rings (SSSR count). The van der Waals surface area contributed by atoms with Crippen molar-refractivity contribution in [3.05, 3.63) is 131 Å². The third-order valence-corrected chi connectivity index (χ3v) is 14.3. The van der Waals surface area contributed by atoms with Gasteiger partial charge in [0.1, 0.15) is 0 Å². The normalized spacial score (nSPS) is 11.1. The van der Waals surface area contributed by atoms with E-state index in [1.54, 1.807) is 0 Å². The van der Waals surface area contributed by atoms with Gasteiger partial charge in [0, 0.05) is 23.3 Å². The summed E-state index contributed by atoms with van der Waals surface area (Å²) in [6, 6.07) is 28.4. The summed E-state index contributed by atoms with van der Waals surface area (Å²) in [7, 11) is -6.89. The van der Waals surface area contributed by atoms with Crippen LogP contribution in [0.3, 0.4) is 0 Å². The number of hydrogen-bond donors (Lipinski definition) is 2. The van der Waals surface area contributed by atoms with E-state index in [0.717, 1.165) is 50.7 Å². The van der Waals surface area contributed by atoms with E-state index in [4.69, 9.17) is 0 Å². The van der Waals surface area contributed by atoms with Crippen LogP contribution in [0, 0.1) is 35.4 Å². The zero-order valence-corrected chi connectivity index (χ0v) is 45.4. The van der Waals surface area contributed by atoms with Crippen LogP contribution in [0.1, 0.15) is 205 Å². The summed E-state index contributed by atoms with van der Waals surface area (Å²) in [5.41, 5.74) is 0.187. The Hall–Kier alpha value is -2.61. The van der Waals surface area contributed by atoms with Gasteiger partial charge in [-0.3, -0.25) is 0 Å². The van der Waals surface area contributed by atoms with Crippen LogP contribution in [0.5, 0.6) is 0 Å². The topological polar surface area (TPSA) is 92.3 Å². The Balaban J connectivity index is 0.00000109. The average molecular weight is 1040 g/mol. The van der Waals surface area contributed by atoms with Crippen LogP contribution in [0.15, 0.2) is 84.9 Å². The van der Waals surface area contributed by atoms with Crippen LogP contribution < -0.4 is 9.44 Å². The fraction of sp³-hybridized carbons (Fsp3) is 0.607. The Kier molecular flexibility index (Phi) is 43.6. The quantitative estimate of drug-likeness (QED) is 0.0205. The number of sulfonamides is 2. The van der Waals surface area contributed by atoms with Crippen molar-refractivity contribution >= 4 is 20.0 Å². The van der Waals surface area contributed by atoms with Gasteiger partial charge in [-0.2, -0.15) is 48.5 Å². The first-order chi connectivity index (χ1) is 32.9. The van der Waals surface area contributed by atoms with E-state index in [1.165, 1.54) is 141 Å². The minimum atomic E-state index is -3.45. The molecule has 0 saturated carbocycles. The fourth-order valence-electron chi connectivity index (χ4n) is 7.35. The number of benzene rings is 2. The molecule has 0 heterocycles. The zero-order valence-electron chi connectivity index (χ0n) is 42.2. The predicted molar refractivity (Wildman–Crippen MR) is 276 cm³/mol. The molecule has 388 valence electrons. The monoisotopic (exact) mass is 1040 g/mol. The van der Waals surface area contributed by atoms with Crippen LogP contribution >= 0.6 is 0 Å². The molecular formula is C56H86F4N2O4S2Ti. The smallest absolute Gasteiger partial charge is 0.236 e. The van der Waals surface area contributed by atoms with E-state index in [2.05, 4.69) is 23.3 Å². The second-order valence-electron chi connectivity index (χ2n) is 17.7. The zero-order chi connectivity index (χ0) is 49.8. The Bertz CT molecular complexity index is 1760. The number of halogens is 4. The molecule has 0 aromatic heterocycles. The third kappa shape index (κ3) is 41.7. The first-order valence-corrected chi connectivity index (χ1v) is 29.2. The van der Waals surface area contributed by atoms with E-state index in [0.29, 0.717) is 12.8 Å². The number of rotatable bonds is 36. The van der Waals surface area contributed by atoms with Gasteiger partial charge in [0.05, 0.1) is 11.5 Å². The molecule has 0 aliphatic heterocycles. The molecule has 2 N–H and O–H groups in total. The second-order valence-corrected chi connectivity index (χ2v) is 21.5. The molecule has 0 saturated heterocycles. The van der Waals surface area contributed by atoms with Crippen molar-refractivity contribution in [3.8, 4) is 0 Å². The molecule has 0 spiro atoms. The number of nitrogens with one attached hydrogen (secondary N) is 2. The summed E-state index contributed by atoms with van der Waals surface area (Å²) in [6.07, 6.45) is 34.0. The molecule has 4 aromatic rings. The molecular weight excluding hydrogens is 953 g/mol. The second kappa shape index (κ2) is 45.3. The van der Waals surface area contributed by atoms with Crippen molar-refractivity contribution in [2.24, 2.45) is 0 Å². The summed E-state index contributed by atoms with van der Waals surface area (Å²) in [4.78, 5) is 0. The Morgan fingerprint density at radius 3 is 0.870 bits per heavy atom. The molecule has 13 heteroatoms. The molecule has 0 atom stereocenters. The van der Waals surface area contributed by atoms with Gasteiger partial charge in [0.2, 0.25) is 20.0 Å². The van der Waals surface area contributed by atoms with Crippen LogP contribution in [-0.2, 0) is 54.9 Å². The van der Waals surface area contributed by atoms with Crippen molar-refractivity contribution in [2.45, 2.75) is 207 Å². The third-order valence-electron chi connectivity index (χ3n) is 11.5. The van der Waals surface area contributed by atoms with Gasteiger partial charge < -0.3 is 0 Å². The van der Waals surface area contributed by atoms with Gasteiger partial charge in [-0.15, -0.1) is 35.4 Å². The van der Waals surface area contributed by atoms with E-state index in [-0.39, 0.29) is 57.4 Å². The summed E-state index contributed by atoms with van der Waals surface area (Å²) in [5, 5.41) is 0. The van der Waals surface area contributed by atoms with Gasteiger partial charge in [-0.25, -0.2) is 68.1 Å². The molecule has 0 fully saturated rings. The summed E-state index contributed by atoms with van der Waals surface area (Å²) in [5.74, 6) is -3.23. The number of unbranched alkanes of at least 4 members (excludes halogenated alkanes) is 26. The van der Waals surface area contributed by atoms with Crippen LogP contribution in [0.2, 0.25) is 0 Å². The van der Waals surface area contributed by atoms with E-state index >= 15 is 0 Å². The molecule has 0 aliphatic carbocycles. The van der Waals surface area contributed by atoms with Crippen LogP contribution in [0.4, 0.5) is 17.6 Å². The SMILES string of the molecule is CCCCCCCCCCCCCCCCS(=O)(=O)NCc1ccc(F)[c-]c1F.CCCCCCCCCCCCCCCCS(=O)(=O)NCc1ccc(F)[c-]c1F.[Ti+4].c1cc[cH-]c1.c1cc[cH-]c1. The molecule has 0 unspecified atom stereocenters. The molecule has 69 heavy (non-hydrogen) atoms. The van der Waals surface area contributed by atoms with Crippen molar-refractivity contribution in [1.82, 2.24) is 9.44 Å².